The summed E-state index contributed by atoms with van der Waals surface area (Å²) in [4.78, 5) is 11.4. The smallest absolute Gasteiger partial charge is 0.186 e. The Morgan fingerprint density at radius 3 is 2.35 bits per heavy atom. The average molecular weight is 232 g/mol. The summed E-state index contributed by atoms with van der Waals surface area (Å²) in [7, 11) is 0. The first-order chi connectivity index (χ1) is 7.99. The van der Waals surface area contributed by atoms with Crippen molar-refractivity contribution in [2.24, 2.45) is 0 Å². The fourth-order valence-electron chi connectivity index (χ4n) is 1.82. The first-order valence-corrected chi connectivity index (χ1v) is 5.96. The van der Waals surface area contributed by atoms with Crippen LogP contribution in [0, 0.1) is 0 Å². The zero-order chi connectivity index (χ0) is 12.9. The summed E-state index contributed by atoms with van der Waals surface area (Å²) >= 11 is 0. The first-order valence-electron chi connectivity index (χ1n) is 5.96. The molecule has 0 aliphatic heterocycles. The largest absolute Gasteiger partial charge is 0.382 e. The number of benzene rings is 1. The van der Waals surface area contributed by atoms with E-state index in [0.29, 0.717) is 6.42 Å². The lowest BCUT2D eigenvalue weighted by atomic mass is 9.91. The Bertz CT molecular complexity index is 388. The van der Waals surface area contributed by atoms with E-state index in [1.54, 1.807) is 0 Å². The first kappa shape index (κ1) is 13.7. The predicted octanol–water partition coefficient (Wildman–Crippen LogP) is 2.69. The van der Waals surface area contributed by atoms with E-state index in [1.165, 1.54) is 18.6 Å². The van der Waals surface area contributed by atoms with Crippen LogP contribution in [-0.2, 0) is 17.6 Å². The van der Waals surface area contributed by atoms with Crippen LogP contribution in [0.4, 0.5) is 0 Å². The zero-order valence-corrected chi connectivity index (χ0v) is 10.6. The Labute approximate surface area is 103 Å². The van der Waals surface area contributed by atoms with Crippen LogP contribution in [0.5, 0.6) is 0 Å². The number of hydrogen-bond acceptors (Lipinski definition) is 2. The van der Waals surface area contributed by atoms with Crippen LogP contribution in [-0.4, -0.2) is 16.5 Å². The minimum atomic E-state index is -1.35. The maximum atomic E-state index is 11.4. The molecule has 0 spiro atoms. The molecule has 0 bridgehead atoms. The number of rotatable bonds is 6. The van der Waals surface area contributed by atoms with Crippen molar-refractivity contribution in [2.75, 3.05) is 0 Å². The third kappa shape index (κ3) is 3.82. The summed E-state index contributed by atoms with van der Waals surface area (Å²) < 4.78 is 0. The van der Waals surface area contributed by atoms with E-state index < -0.39 is 5.60 Å². The van der Waals surface area contributed by atoms with E-state index >= 15 is 0 Å². The Morgan fingerprint density at radius 1 is 1.35 bits per heavy atom. The third-order valence-corrected chi connectivity index (χ3v) is 2.83. The fourth-order valence-corrected chi connectivity index (χ4v) is 1.82. The molecular formula is C15H20O2. The van der Waals surface area contributed by atoms with Crippen molar-refractivity contribution in [1.82, 2.24) is 0 Å². The lowest BCUT2D eigenvalue weighted by Crippen LogP contribution is -2.36. The summed E-state index contributed by atoms with van der Waals surface area (Å²) in [6, 6.07) is 8.03. The van der Waals surface area contributed by atoms with E-state index in [9.17, 15) is 9.90 Å². The van der Waals surface area contributed by atoms with Crippen LogP contribution in [0.1, 0.15) is 31.4 Å². The van der Waals surface area contributed by atoms with E-state index in [0.717, 1.165) is 18.4 Å². The predicted molar refractivity (Wildman–Crippen MR) is 70.0 cm³/mol. The molecule has 2 heteroatoms. The monoisotopic (exact) mass is 232 g/mol. The lowest BCUT2D eigenvalue weighted by molar-refractivity contribution is -0.130. The molecule has 0 saturated carbocycles. The maximum absolute atomic E-state index is 11.4. The van der Waals surface area contributed by atoms with Crippen LogP contribution in [0.25, 0.3) is 0 Å². The van der Waals surface area contributed by atoms with Crippen molar-refractivity contribution < 1.29 is 9.90 Å². The summed E-state index contributed by atoms with van der Waals surface area (Å²) in [5.74, 6) is -0.338. The number of aryl methyl sites for hydroxylation is 1. The van der Waals surface area contributed by atoms with Gasteiger partial charge in [0.1, 0.15) is 5.60 Å². The molecule has 1 aromatic rings. The molecule has 92 valence electrons. The molecule has 0 radical (unpaired) electrons. The number of ketones is 1. The summed E-state index contributed by atoms with van der Waals surface area (Å²) in [6.07, 6.45) is 3.67. The Balaban J connectivity index is 2.75. The molecule has 0 aromatic heterocycles. The van der Waals surface area contributed by atoms with Crippen molar-refractivity contribution in [3.8, 4) is 0 Å². The van der Waals surface area contributed by atoms with Gasteiger partial charge in [-0.05, 0) is 30.5 Å². The zero-order valence-electron chi connectivity index (χ0n) is 10.6. The maximum Gasteiger partial charge on any atom is 0.186 e. The van der Waals surface area contributed by atoms with Gasteiger partial charge in [0.2, 0.25) is 0 Å². The number of carbonyl (C=O) groups excluding carboxylic acids is 1. The van der Waals surface area contributed by atoms with Gasteiger partial charge >= 0.3 is 0 Å². The molecule has 1 aromatic carbocycles. The second kappa shape index (κ2) is 5.78. The highest BCUT2D eigenvalue weighted by Crippen LogP contribution is 2.16. The molecule has 1 unspecified atom stereocenters. The van der Waals surface area contributed by atoms with Crippen molar-refractivity contribution in [3.05, 3.63) is 48.0 Å². The molecule has 17 heavy (non-hydrogen) atoms. The van der Waals surface area contributed by atoms with Crippen molar-refractivity contribution in [3.63, 3.8) is 0 Å². The van der Waals surface area contributed by atoms with Gasteiger partial charge in [-0.2, -0.15) is 0 Å². The molecule has 1 atom stereocenters. The van der Waals surface area contributed by atoms with E-state index in [4.69, 9.17) is 0 Å². The van der Waals surface area contributed by atoms with Gasteiger partial charge < -0.3 is 5.11 Å². The van der Waals surface area contributed by atoms with Gasteiger partial charge in [0, 0.05) is 6.42 Å². The Hall–Kier alpha value is -1.41. The van der Waals surface area contributed by atoms with Gasteiger partial charge in [0.15, 0.2) is 5.78 Å². The average Bonchev–Trinajstić information content (AvgIpc) is 2.30. The highest BCUT2D eigenvalue weighted by atomic mass is 16.3. The van der Waals surface area contributed by atoms with Crippen molar-refractivity contribution in [1.29, 1.82) is 0 Å². The van der Waals surface area contributed by atoms with E-state index in [1.807, 2.05) is 24.3 Å². The van der Waals surface area contributed by atoms with Crippen LogP contribution < -0.4 is 0 Å². The van der Waals surface area contributed by atoms with E-state index in [2.05, 4.69) is 13.5 Å². The Kier molecular flexibility index (Phi) is 4.64. The second-order valence-electron chi connectivity index (χ2n) is 4.59. The summed E-state index contributed by atoms with van der Waals surface area (Å²) in [6.45, 7) is 7.06. The molecule has 0 aliphatic rings. The Morgan fingerprint density at radius 2 is 1.88 bits per heavy atom. The fraction of sp³-hybridized carbons (Fsp3) is 0.400. The van der Waals surface area contributed by atoms with Crippen LogP contribution in [0.3, 0.4) is 0 Å². The molecule has 0 amide bonds. The van der Waals surface area contributed by atoms with Crippen molar-refractivity contribution in [2.45, 2.75) is 38.7 Å². The minimum absolute atomic E-state index is 0.324. The molecule has 0 aliphatic carbocycles. The molecule has 0 fully saturated rings. The summed E-state index contributed by atoms with van der Waals surface area (Å²) in [5.41, 5.74) is 0.893. The van der Waals surface area contributed by atoms with Crippen LogP contribution in [0.2, 0.25) is 0 Å². The molecule has 1 N–H and O–H groups in total. The third-order valence-electron chi connectivity index (χ3n) is 2.83. The summed E-state index contributed by atoms with van der Waals surface area (Å²) in [5, 5.41) is 9.99. The second-order valence-corrected chi connectivity index (χ2v) is 4.59. The van der Waals surface area contributed by atoms with E-state index in [-0.39, 0.29) is 5.78 Å². The van der Waals surface area contributed by atoms with Crippen LogP contribution in [0.15, 0.2) is 36.9 Å². The van der Waals surface area contributed by atoms with Crippen LogP contribution >= 0.6 is 0 Å². The van der Waals surface area contributed by atoms with Crippen molar-refractivity contribution >= 4 is 5.78 Å². The van der Waals surface area contributed by atoms with Gasteiger partial charge in [-0.1, -0.05) is 44.2 Å². The molecular weight excluding hydrogens is 212 g/mol. The molecule has 0 heterocycles. The molecule has 0 saturated heterocycles. The number of carbonyl (C=O) groups is 1. The van der Waals surface area contributed by atoms with Gasteiger partial charge in [-0.15, -0.1) is 0 Å². The topological polar surface area (TPSA) is 37.3 Å². The number of hydrogen-bond donors (Lipinski definition) is 1. The highest BCUT2D eigenvalue weighted by molar-refractivity contribution is 5.96. The lowest BCUT2D eigenvalue weighted by Gasteiger charge is -2.20. The van der Waals surface area contributed by atoms with Gasteiger partial charge in [0.25, 0.3) is 0 Å². The SMILES string of the molecule is C=CC(=O)C(C)(O)Cc1ccc(CCC)cc1. The van der Waals surface area contributed by atoms with Gasteiger partial charge in [0.05, 0.1) is 0 Å². The molecule has 1 rings (SSSR count). The normalized spacial score (nSPS) is 14.1. The number of aliphatic hydroxyl groups is 1. The quantitative estimate of drug-likeness (QED) is 0.766. The van der Waals surface area contributed by atoms with Gasteiger partial charge in [-0.25, -0.2) is 0 Å². The molecule has 2 nitrogen and oxygen atoms in total. The standard InChI is InChI=1S/C15H20O2/c1-4-6-12-7-9-13(10-8-12)11-15(3,17)14(16)5-2/h5,7-10,17H,2,4,6,11H2,1,3H3. The minimum Gasteiger partial charge on any atom is -0.382 e. The van der Waals surface area contributed by atoms with Gasteiger partial charge in [-0.3, -0.25) is 4.79 Å². The highest BCUT2D eigenvalue weighted by Gasteiger charge is 2.27.